The minimum absolute atomic E-state index is 0.216. The SMILES string of the molecule is CNCc1ccc(-c2cccc(OC)c2F)c(Cl)c1. The Labute approximate surface area is 117 Å². The fourth-order valence-corrected chi connectivity index (χ4v) is 2.27. The third kappa shape index (κ3) is 2.88. The summed E-state index contributed by atoms with van der Waals surface area (Å²) in [6.07, 6.45) is 0. The standard InChI is InChI=1S/C15H15ClFNO/c1-18-9-10-6-7-11(13(16)8-10)12-4-3-5-14(19-2)15(12)17/h3-8,18H,9H2,1-2H3. The molecular formula is C15H15ClFNO. The number of ether oxygens (including phenoxy) is 1. The highest BCUT2D eigenvalue weighted by molar-refractivity contribution is 6.33. The molecule has 0 heterocycles. The summed E-state index contributed by atoms with van der Waals surface area (Å²) in [5, 5.41) is 3.58. The van der Waals surface area contributed by atoms with E-state index in [1.54, 1.807) is 18.2 Å². The van der Waals surface area contributed by atoms with Gasteiger partial charge in [0.15, 0.2) is 11.6 Å². The zero-order valence-corrected chi connectivity index (χ0v) is 11.6. The second kappa shape index (κ2) is 6.04. The van der Waals surface area contributed by atoms with Crippen LogP contribution in [-0.4, -0.2) is 14.2 Å². The van der Waals surface area contributed by atoms with E-state index in [1.807, 2.05) is 25.2 Å². The normalized spacial score (nSPS) is 10.5. The average molecular weight is 280 g/mol. The Morgan fingerprint density at radius 2 is 2.00 bits per heavy atom. The number of nitrogens with one attached hydrogen (secondary N) is 1. The van der Waals surface area contributed by atoms with Gasteiger partial charge in [0.1, 0.15) is 0 Å². The lowest BCUT2D eigenvalue weighted by atomic mass is 10.0. The third-order valence-electron chi connectivity index (χ3n) is 2.89. The molecule has 19 heavy (non-hydrogen) atoms. The highest BCUT2D eigenvalue weighted by Gasteiger charge is 2.13. The van der Waals surface area contributed by atoms with E-state index in [0.29, 0.717) is 16.1 Å². The van der Waals surface area contributed by atoms with Gasteiger partial charge in [-0.15, -0.1) is 0 Å². The van der Waals surface area contributed by atoms with E-state index in [2.05, 4.69) is 5.32 Å². The summed E-state index contributed by atoms with van der Waals surface area (Å²) in [6, 6.07) is 10.6. The van der Waals surface area contributed by atoms with Gasteiger partial charge in [0.05, 0.1) is 7.11 Å². The van der Waals surface area contributed by atoms with Crippen LogP contribution in [0.1, 0.15) is 5.56 Å². The van der Waals surface area contributed by atoms with Gasteiger partial charge in [-0.25, -0.2) is 4.39 Å². The van der Waals surface area contributed by atoms with Gasteiger partial charge in [0.2, 0.25) is 0 Å². The minimum atomic E-state index is -0.395. The van der Waals surface area contributed by atoms with E-state index in [4.69, 9.17) is 16.3 Å². The maximum Gasteiger partial charge on any atom is 0.172 e. The second-order valence-corrected chi connectivity index (χ2v) is 4.57. The molecule has 0 atom stereocenters. The van der Waals surface area contributed by atoms with Crippen LogP contribution < -0.4 is 10.1 Å². The van der Waals surface area contributed by atoms with Crippen LogP contribution in [0.2, 0.25) is 5.02 Å². The predicted octanol–water partition coefficient (Wildman–Crippen LogP) is 3.87. The van der Waals surface area contributed by atoms with Crippen molar-refractivity contribution in [3.8, 4) is 16.9 Å². The zero-order chi connectivity index (χ0) is 13.8. The first-order valence-electron chi connectivity index (χ1n) is 5.93. The van der Waals surface area contributed by atoms with Gasteiger partial charge in [-0.1, -0.05) is 35.9 Å². The summed E-state index contributed by atoms with van der Waals surface area (Å²) in [6.45, 7) is 0.723. The van der Waals surface area contributed by atoms with Gasteiger partial charge in [0, 0.05) is 22.7 Å². The van der Waals surface area contributed by atoms with Gasteiger partial charge in [-0.3, -0.25) is 0 Å². The Kier molecular flexibility index (Phi) is 4.40. The van der Waals surface area contributed by atoms with Crippen LogP contribution in [0.3, 0.4) is 0 Å². The molecule has 0 saturated heterocycles. The van der Waals surface area contributed by atoms with Crippen molar-refractivity contribution in [3.05, 3.63) is 52.8 Å². The molecule has 4 heteroatoms. The molecule has 2 aromatic rings. The molecule has 0 bridgehead atoms. The molecule has 0 saturated carbocycles. The molecule has 2 aromatic carbocycles. The fraction of sp³-hybridized carbons (Fsp3) is 0.200. The Morgan fingerprint density at radius 3 is 2.63 bits per heavy atom. The van der Waals surface area contributed by atoms with Crippen molar-refractivity contribution >= 4 is 11.6 Å². The highest BCUT2D eigenvalue weighted by atomic mass is 35.5. The average Bonchev–Trinajstić information content (AvgIpc) is 2.40. The van der Waals surface area contributed by atoms with E-state index in [9.17, 15) is 4.39 Å². The summed E-state index contributed by atoms with van der Waals surface area (Å²) in [7, 11) is 3.31. The molecule has 0 aromatic heterocycles. The number of rotatable bonds is 4. The molecule has 0 unspecified atom stereocenters. The number of hydrogen-bond acceptors (Lipinski definition) is 2. The van der Waals surface area contributed by atoms with Gasteiger partial charge >= 0.3 is 0 Å². The molecule has 0 aliphatic heterocycles. The highest BCUT2D eigenvalue weighted by Crippen LogP contribution is 2.34. The van der Waals surface area contributed by atoms with E-state index in [1.165, 1.54) is 7.11 Å². The first-order valence-corrected chi connectivity index (χ1v) is 6.31. The molecule has 0 amide bonds. The first-order chi connectivity index (χ1) is 9.17. The van der Waals surface area contributed by atoms with Crippen LogP contribution >= 0.6 is 11.6 Å². The van der Waals surface area contributed by atoms with Crippen molar-refractivity contribution in [2.45, 2.75) is 6.54 Å². The molecule has 0 aliphatic carbocycles. The van der Waals surface area contributed by atoms with Crippen LogP contribution in [0, 0.1) is 5.82 Å². The maximum absolute atomic E-state index is 14.2. The largest absolute Gasteiger partial charge is 0.494 e. The first kappa shape index (κ1) is 13.8. The van der Waals surface area contributed by atoms with E-state index >= 15 is 0 Å². The lowest BCUT2D eigenvalue weighted by Gasteiger charge is -2.10. The van der Waals surface area contributed by atoms with Crippen molar-refractivity contribution in [2.75, 3.05) is 14.2 Å². The molecule has 0 radical (unpaired) electrons. The van der Waals surface area contributed by atoms with Gasteiger partial charge in [-0.05, 0) is 24.7 Å². The Morgan fingerprint density at radius 1 is 1.21 bits per heavy atom. The fourth-order valence-electron chi connectivity index (χ4n) is 1.97. The van der Waals surface area contributed by atoms with Crippen molar-refractivity contribution < 1.29 is 9.13 Å². The smallest absolute Gasteiger partial charge is 0.172 e. The monoisotopic (exact) mass is 279 g/mol. The second-order valence-electron chi connectivity index (χ2n) is 4.17. The zero-order valence-electron chi connectivity index (χ0n) is 10.8. The number of hydrogen-bond donors (Lipinski definition) is 1. The molecule has 0 fully saturated rings. The molecule has 0 spiro atoms. The van der Waals surface area contributed by atoms with Crippen LogP contribution in [-0.2, 0) is 6.54 Å². The predicted molar refractivity (Wildman–Crippen MR) is 76.2 cm³/mol. The Bertz CT molecular complexity index is 586. The van der Waals surface area contributed by atoms with Gasteiger partial charge < -0.3 is 10.1 Å². The quantitative estimate of drug-likeness (QED) is 0.917. The van der Waals surface area contributed by atoms with Crippen molar-refractivity contribution in [1.82, 2.24) is 5.32 Å². The molecule has 100 valence electrons. The molecule has 2 rings (SSSR count). The summed E-state index contributed by atoms with van der Waals surface area (Å²) in [5.74, 6) is -0.180. The van der Waals surface area contributed by atoms with E-state index in [0.717, 1.165) is 12.1 Å². The topological polar surface area (TPSA) is 21.3 Å². The summed E-state index contributed by atoms with van der Waals surface area (Å²) >= 11 is 6.23. The minimum Gasteiger partial charge on any atom is -0.494 e. The lowest BCUT2D eigenvalue weighted by Crippen LogP contribution is -2.04. The van der Waals surface area contributed by atoms with Crippen molar-refractivity contribution in [2.24, 2.45) is 0 Å². The van der Waals surface area contributed by atoms with Crippen molar-refractivity contribution in [1.29, 1.82) is 0 Å². The van der Waals surface area contributed by atoms with Crippen LogP contribution in [0.25, 0.3) is 11.1 Å². The third-order valence-corrected chi connectivity index (χ3v) is 3.20. The van der Waals surface area contributed by atoms with Crippen LogP contribution in [0.4, 0.5) is 4.39 Å². The number of halogens is 2. The molecular weight excluding hydrogens is 265 g/mol. The van der Waals surface area contributed by atoms with Crippen molar-refractivity contribution in [3.63, 3.8) is 0 Å². The summed E-state index contributed by atoms with van der Waals surface area (Å²) in [5.41, 5.74) is 2.16. The maximum atomic E-state index is 14.2. The number of methoxy groups -OCH3 is 1. The Hall–Kier alpha value is -1.58. The summed E-state index contributed by atoms with van der Waals surface area (Å²) in [4.78, 5) is 0. The summed E-state index contributed by atoms with van der Waals surface area (Å²) < 4.78 is 19.2. The van der Waals surface area contributed by atoms with E-state index < -0.39 is 5.82 Å². The Balaban J connectivity index is 2.47. The van der Waals surface area contributed by atoms with Gasteiger partial charge in [-0.2, -0.15) is 0 Å². The number of benzene rings is 2. The molecule has 2 nitrogen and oxygen atoms in total. The lowest BCUT2D eigenvalue weighted by molar-refractivity contribution is 0.387. The molecule has 0 aliphatic rings. The van der Waals surface area contributed by atoms with Gasteiger partial charge in [0.25, 0.3) is 0 Å². The van der Waals surface area contributed by atoms with E-state index in [-0.39, 0.29) is 5.75 Å². The van der Waals surface area contributed by atoms with Crippen LogP contribution in [0.5, 0.6) is 5.75 Å². The van der Waals surface area contributed by atoms with Crippen LogP contribution in [0.15, 0.2) is 36.4 Å². The molecule has 1 N–H and O–H groups in total.